The fraction of sp³-hybridized carbons (Fsp3) is 0.947. The topological polar surface area (TPSA) is 50.2 Å². The first kappa shape index (κ1) is 17.2. The number of hydrogen-bond acceptors (Lipinski definition) is 1. The van der Waals surface area contributed by atoms with Gasteiger partial charge in [0.1, 0.15) is 12.6 Å². The van der Waals surface area contributed by atoms with E-state index in [9.17, 15) is 4.79 Å². The molecule has 4 N–H and O–H groups in total. The lowest BCUT2D eigenvalue weighted by Gasteiger charge is -2.48. The van der Waals surface area contributed by atoms with E-state index in [-0.39, 0.29) is 16.9 Å². The van der Waals surface area contributed by atoms with E-state index in [1.807, 2.05) is 0 Å². The summed E-state index contributed by atoms with van der Waals surface area (Å²) in [4.78, 5) is 14.3. The normalized spacial score (nSPS) is 41.4. The van der Waals surface area contributed by atoms with Gasteiger partial charge in [-0.1, -0.05) is 13.8 Å². The molecule has 1 unspecified atom stereocenters. The van der Waals surface area contributed by atoms with Gasteiger partial charge in [0.05, 0.1) is 13.1 Å². The number of quaternary nitrogens is 2. The average molecular weight is 324 g/mol. The van der Waals surface area contributed by atoms with E-state index in [2.05, 4.69) is 38.3 Å². The van der Waals surface area contributed by atoms with E-state index in [4.69, 9.17) is 0 Å². The second kappa shape index (κ2) is 6.36. The van der Waals surface area contributed by atoms with Gasteiger partial charge >= 0.3 is 0 Å². The highest BCUT2D eigenvalue weighted by molar-refractivity contribution is 5.77. The third-order valence-electron chi connectivity index (χ3n) is 7.87. The molecule has 0 aromatic rings. The first-order valence-electron chi connectivity index (χ1n) is 9.85. The molecule has 23 heavy (non-hydrogen) atoms. The van der Waals surface area contributed by atoms with E-state index < -0.39 is 0 Å². The molecule has 0 spiro atoms. The van der Waals surface area contributed by atoms with Gasteiger partial charge in [0.25, 0.3) is 5.91 Å². The minimum absolute atomic E-state index is 0.00506. The van der Waals surface area contributed by atoms with Gasteiger partial charge in [0.2, 0.25) is 0 Å². The second-order valence-corrected chi connectivity index (χ2v) is 9.01. The highest BCUT2D eigenvalue weighted by Crippen LogP contribution is 2.61. The number of fused-ring (bicyclic) bond motifs is 2. The number of rotatable bonds is 6. The van der Waals surface area contributed by atoms with Crippen LogP contribution in [0.1, 0.15) is 59.8 Å². The van der Waals surface area contributed by atoms with Crippen LogP contribution in [0.4, 0.5) is 0 Å². The largest absolute Gasteiger partial charge is 0.345 e. The SMILES string of the molecule is CC[NH+]1CCC[C@@H]1C[NH2+]CC(=O)N[C@]1(C)[C@H]2CC[C@@H](C2)C1(C)C. The van der Waals surface area contributed by atoms with Gasteiger partial charge in [0, 0.05) is 18.4 Å². The number of nitrogens with two attached hydrogens (primary N) is 1. The van der Waals surface area contributed by atoms with Crippen molar-refractivity contribution in [1.29, 1.82) is 0 Å². The summed E-state index contributed by atoms with van der Waals surface area (Å²) in [6.45, 7) is 13.5. The molecule has 0 aromatic heterocycles. The van der Waals surface area contributed by atoms with Crippen molar-refractivity contribution in [2.45, 2.75) is 71.4 Å². The van der Waals surface area contributed by atoms with Gasteiger partial charge in [-0.05, 0) is 50.4 Å². The first-order chi connectivity index (χ1) is 10.9. The Balaban J connectivity index is 1.48. The van der Waals surface area contributed by atoms with E-state index in [0.717, 1.165) is 18.5 Å². The van der Waals surface area contributed by atoms with Gasteiger partial charge in [-0.25, -0.2) is 0 Å². The number of likely N-dealkylation sites (tertiary alicyclic amines) is 1. The molecule has 1 aliphatic heterocycles. The molecule has 1 heterocycles. The van der Waals surface area contributed by atoms with Gasteiger partial charge in [-0.15, -0.1) is 0 Å². The molecule has 3 fully saturated rings. The third kappa shape index (κ3) is 2.93. The Kier molecular flexibility index (Phi) is 4.76. The fourth-order valence-corrected chi connectivity index (χ4v) is 5.86. The molecule has 0 aromatic carbocycles. The monoisotopic (exact) mass is 323 g/mol. The molecular formula is C19H37N3O+2. The summed E-state index contributed by atoms with van der Waals surface area (Å²) < 4.78 is 0. The lowest BCUT2D eigenvalue weighted by atomic mass is 9.64. The van der Waals surface area contributed by atoms with E-state index in [1.54, 1.807) is 4.90 Å². The Hall–Kier alpha value is -0.610. The van der Waals surface area contributed by atoms with Crippen LogP contribution >= 0.6 is 0 Å². The molecule has 2 aliphatic carbocycles. The van der Waals surface area contributed by atoms with Gasteiger partial charge in [-0.2, -0.15) is 0 Å². The van der Waals surface area contributed by atoms with Crippen LogP contribution in [0.5, 0.6) is 0 Å². The molecule has 132 valence electrons. The Morgan fingerprint density at radius 2 is 1.96 bits per heavy atom. The molecule has 0 radical (unpaired) electrons. The van der Waals surface area contributed by atoms with E-state index in [0.29, 0.717) is 12.5 Å². The molecule has 5 atom stereocenters. The molecule has 4 nitrogen and oxygen atoms in total. The van der Waals surface area contributed by atoms with Crippen molar-refractivity contribution >= 4 is 5.91 Å². The maximum atomic E-state index is 12.5. The van der Waals surface area contributed by atoms with Crippen molar-refractivity contribution in [3.63, 3.8) is 0 Å². The van der Waals surface area contributed by atoms with Crippen molar-refractivity contribution in [1.82, 2.24) is 5.32 Å². The van der Waals surface area contributed by atoms with Gasteiger partial charge in [-0.3, -0.25) is 4.79 Å². The zero-order valence-corrected chi connectivity index (χ0v) is 15.6. The van der Waals surface area contributed by atoms with Crippen molar-refractivity contribution in [2.24, 2.45) is 17.3 Å². The van der Waals surface area contributed by atoms with Crippen molar-refractivity contribution in [3.8, 4) is 0 Å². The average Bonchev–Trinajstić information content (AvgIpc) is 3.18. The zero-order chi connectivity index (χ0) is 16.7. The number of likely N-dealkylation sites (N-methyl/N-ethyl adjacent to an activating group) is 1. The number of carbonyl (C=O) groups is 1. The Labute approximate surface area is 141 Å². The maximum absolute atomic E-state index is 12.5. The summed E-state index contributed by atoms with van der Waals surface area (Å²) in [5.74, 6) is 1.72. The Morgan fingerprint density at radius 1 is 1.22 bits per heavy atom. The molecule has 3 rings (SSSR count). The Bertz CT molecular complexity index is 450. The highest BCUT2D eigenvalue weighted by Gasteiger charge is 2.60. The predicted octanol–water partition coefficient (Wildman–Crippen LogP) is -0.0520. The van der Waals surface area contributed by atoms with Crippen LogP contribution in [-0.2, 0) is 4.79 Å². The molecule has 2 saturated carbocycles. The van der Waals surface area contributed by atoms with Crippen LogP contribution in [0.25, 0.3) is 0 Å². The summed E-state index contributed by atoms with van der Waals surface area (Å²) in [5, 5.41) is 5.69. The van der Waals surface area contributed by atoms with Gasteiger partial charge < -0.3 is 15.5 Å². The van der Waals surface area contributed by atoms with E-state index in [1.165, 1.54) is 45.2 Å². The lowest BCUT2D eigenvalue weighted by molar-refractivity contribution is -0.923. The lowest BCUT2D eigenvalue weighted by Crippen LogP contribution is -3.16. The van der Waals surface area contributed by atoms with Gasteiger partial charge in [0.15, 0.2) is 6.54 Å². The first-order valence-corrected chi connectivity index (χ1v) is 9.85. The molecular weight excluding hydrogens is 286 g/mol. The van der Waals surface area contributed by atoms with E-state index >= 15 is 0 Å². The summed E-state index contributed by atoms with van der Waals surface area (Å²) in [6, 6.07) is 0.752. The summed E-state index contributed by atoms with van der Waals surface area (Å²) in [6.07, 6.45) is 6.64. The van der Waals surface area contributed by atoms with Crippen LogP contribution in [0.3, 0.4) is 0 Å². The molecule has 1 amide bonds. The molecule has 2 bridgehead atoms. The van der Waals surface area contributed by atoms with Crippen LogP contribution in [0, 0.1) is 17.3 Å². The Morgan fingerprint density at radius 3 is 2.61 bits per heavy atom. The quantitative estimate of drug-likeness (QED) is 0.631. The number of nitrogens with one attached hydrogen (secondary N) is 2. The predicted molar refractivity (Wildman–Crippen MR) is 92.2 cm³/mol. The highest BCUT2D eigenvalue weighted by atomic mass is 16.2. The second-order valence-electron chi connectivity index (χ2n) is 9.01. The standard InChI is InChI=1S/C19H35N3O/c1-5-22-10-6-7-16(22)12-20-13-17(23)21-19(4)15-9-8-14(11-15)18(19,2)3/h14-16,20H,5-13H2,1-4H3,(H,21,23)/p+2/t14-,15-,16+,19+/m0/s1. The molecule has 3 aliphatic rings. The summed E-state index contributed by atoms with van der Waals surface area (Å²) >= 11 is 0. The van der Waals surface area contributed by atoms with Crippen LogP contribution in [0.2, 0.25) is 0 Å². The number of amides is 1. The maximum Gasteiger partial charge on any atom is 0.275 e. The minimum Gasteiger partial charge on any atom is -0.345 e. The van der Waals surface area contributed by atoms with Crippen LogP contribution < -0.4 is 15.5 Å². The summed E-state index contributed by atoms with van der Waals surface area (Å²) in [5.41, 5.74) is 0.231. The van der Waals surface area contributed by atoms with Crippen molar-refractivity contribution in [3.05, 3.63) is 0 Å². The number of hydrogen-bond donors (Lipinski definition) is 3. The van der Waals surface area contributed by atoms with Crippen molar-refractivity contribution in [2.75, 3.05) is 26.2 Å². The van der Waals surface area contributed by atoms with Crippen LogP contribution in [-0.4, -0.2) is 43.7 Å². The number of carbonyl (C=O) groups excluding carboxylic acids is 1. The minimum atomic E-state index is -0.00506. The third-order valence-corrected chi connectivity index (χ3v) is 7.87. The molecule has 4 heteroatoms. The fourth-order valence-electron chi connectivity index (χ4n) is 5.86. The summed E-state index contributed by atoms with van der Waals surface area (Å²) in [7, 11) is 0. The van der Waals surface area contributed by atoms with Crippen LogP contribution in [0.15, 0.2) is 0 Å². The zero-order valence-electron chi connectivity index (χ0n) is 15.6. The molecule has 1 saturated heterocycles. The smallest absolute Gasteiger partial charge is 0.275 e. The van der Waals surface area contributed by atoms with Crippen molar-refractivity contribution < 1.29 is 15.0 Å².